The van der Waals surface area contributed by atoms with Crippen LogP contribution in [0.5, 0.6) is 0 Å². The number of aryl methyl sites for hydroxylation is 1. The highest BCUT2D eigenvalue weighted by Crippen LogP contribution is 2.42. The number of nitrogens with zero attached hydrogens (tertiary/aromatic N) is 5. The highest BCUT2D eigenvalue weighted by Gasteiger charge is 2.27. The van der Waals surface area contributed by atoms with Crippen molar-refractivity contribution in [2.24, 2.45) is 0 Å². The van der Waals surface area contributed by atoms with Gasteiger partial charge in [0, 0.05) is 54.3 Å². The van der Waals surface area contributed by atoms with E-state index >= 15 is 4.39 Å². The van der Waals surface area contributed by atoms with Crippen LogP contribution in [0, 0.1) is 12.7 Å². The number of carbonyl (C=O) groups excluding carboxylic acids is 1. The van der Waals surface area contributed by atoms with E-state index in [4.69, 9.17) is 16.6 Å². The Morgan fingerprint density at radius 2 is 1.95 bits per heavy atom. The lowest BCUT2D eigenvalue weighted by atomic mass is 9.95. The number of anilines is 1. The highest BCUT2D eigenvalue weighted by molar-refractivity contribution is 6.35. The number of hydrogen-bond acceptors (Lipinski definition) is 5. The van der Waals surface area contributed by atoms with Crippen LogP contribution in [0.4, 0.5) is 10.2 Å². The van der Waals surface area contributed by atoms with Gasteiger partial charge in [0.25, 0.3) is 0 Å². The number of carbonyl (C=O) groups is 1. The van der Waals surface area contributed by atoms with Crippen molar-refractivity contribution >= 4 is 45.1 Å². The molecule has 8 nitrogen and oxygen atoms in total. The second-order valence-corrected chi connectivity index (χ2v) is 9.41. The molecule has 2 aromatic carbocycles. The van der Waals surface area contributed by atoms with Gasteiger partial charge in [-0.2, -0.15) is 5.10 Å². The monoisotopic (exact) mass is 515 g/mol. The van der Waals surface area contributed by atoms with Crippen LogP contribution in [0.15, 0.2) is 55.4 Å². The molecule has 1 amide bonds. The Labute approximate surface area is 216 Å². The van der Waals surface area contributed by atoms with E-state index in [-0.39, 0.29) is 22.0 Å². The van der Waals surface area contributed by atoms with Gasteiger partial charge in [0.05, 0.1) is 22.4 Å². The van der Waals surface area contributed by atoms with Crippen molar-refractivity contribution in [1.82, 2.24) is 30.0 Å². The fraction of sp³-hybridized carbons (Fsp3) is 0.185. The predicted octanol–water partition coefficient (Wildman–Crippen LogP) is 5.10. The molecular weight excluding hydrogens is 493 g/mol. The molecule has 10 heteroatoms. The largest absolute Gasteiger partial charge is 0.359 e. The molecule has 0 aliphatic carbocycles. The Hall–Kier alpha value is -4.24. The molecule has 4 heterocycles. The molecule has 3 aromatic heterocycles. The quantitative estimate of drug-likeness (QED) is 0.325. The first kappa shape index (κ1) is 23.2. The Balaban J connectivity index is 1.56. The topological polar surface area (TPSA) is 93.8 Å². The number of nitrogens with one attached hydrogen (secondary N) is 2. The minimum Gasteiger partial charge on any atom is -0.359 e. The third-order valence-electron chi connectivity index (χ3n) is 6.85. The zero-order valence-corrected chi connectivity index (χ0v) is 20.8. The van der Waals surface area contributed by atoms with E-state index in [0.717, 1.165) is 16.5 Å². The molecule has 0 atom stereocenters. The van der Waals surface area contributed by atoms with E-state index in [1.54, 1.807) is 23.4 Å². The van der Waals surface area contributed by atoms with Gasteiger partial charge in [-0.25, -0.2) is 14.4 Å². The Morgan fingerprint density at radius 1 is 1.14 bits per heavy atom. The molecule has 1 aliphatic rings. The number of aromatic nitrogens is 5. The van der Waals surface area contributed by atoms with Crippen molar-refractivity contribution < 1.29 is 9.18 Å². The maximum Gasteiger partial charge on any atom is 0.246 e. The molecule has 0 unspecified atom stereocenters. The lowest BCUT2D eigenvalue weighted by Crippen LogP contribution is -2.48. The number of halogens is 2. The van der Waals surface area contributed by atoms with Gasteiger partial charge in [0.2, 0.25) is 5.91 Å². The van der Waals surface area contributed by atoms with Crippen molar-refractivity contribution in [3.63, 3.8) is 0 Å². The number of benzene rings is 2. The third kappa shape index (κ3) is 3.82. The van der Waals surface area contributed by atoms with Gasteiger partial charge < -0.3 is 14.8 Å². The molecule has 0 spiro atoms. The van der Waals surface area contributed by atoms with Crippen LogP contribution in [0.3, 0.4) is 0 Å². The van der Waals surface area contributed by atoms with Gasteiger partial charge in [-0.05, 0) is 42.8 Å². The minimum atomic E-state index is -0.517. The number of aromatic amines is 2. The lowest BCUT2D eigenvalue weighted by Gasteiger charge is -2.35. The summed E-state index contributed by atoms with van der Waals surface area (Å²) >= 11 is 6.80. The molecule has 37 heavy (non-hydrogen) atoms. The van der Waals surface area contributed by atoms with Crippen LogP contribution in [-0.4, -0.2) is 62.1 Å². The van der Waals surface area contributed by atoms with Gasteiger partial charge in [0.15, 0.2) is 11.6 Å². The first-order valence-corrected chi connectivity index (χ1v) is 12.3. The van der Waals surface area contributed by atoms with Gasteiger partial charge in [-0.1, -0.05) is 24.2 Å². The zero-order chi connectivity index (χ0) is 25.7. The van der Waals surface area contributed by atoms with E-state index in [1.165, 1.54) is 6.08 Å². The number of fused-ring (bicyclic) bond motifs is 2. The molecule has 1 fully saturated rings. The summed E-state index contributed by atoms with van der Waals surface area (Å²) in [6.07, 6.45) is 4.77. The molecule has 0 bridgehead atoms. The van der Waals surface area contributed by atoms with Gasteiger partial charge >= 0.3 is 0 Å². The summed E-state index contributed by atoms with van der Waals surface area (Å²) in [5, 5.41) is 8.64. The second kappa shape index (κ2) is 9.01. The third-order valence-corrected chi connectivity index (χ3v) is 7.15. The van der Waals surface area contributed by atoms with Crippen molar-refractivity contribution in [2.75, 3.05) is 31.1 Å². The molecule has 0 radical (unpaired) electrons. The summed E-state index contributed by atoms with van der Waals surface area (Å²) in [6.45, 7) is 7.57. The van der Waals surface area contributed by atoms with Crippen molar-refractivity contribution in [1.29, 1.82) is 0 Å². The summed E-state index contributed by atoms with van der Waals surface area (Å²) < 4.78 is 16.5. The Morgan fingerprint density at radius 3 is 2.68 bits per heavy atom. The fourth-order valence-electron chi connectivity index (χ4n) is 4.97. The highest BCUT2D eigenvalue weighted by atomic mass is 35.5. The van der Waals surface area contributed by atoms with Crippen LogP contribution in [0.2, 0.25) is 5.02 Å². The number of amides is 1. The molecule has 0 saturated carbocycles. The summed E-state index contributed by atoms with van der Waals surface area (Å²) in [7, 11) is 0. The van der Waals surface area contributed by atoms with Crippen LogP contribution in [0.1, 0.15) is 5.56 Å². The number of rotatable bonds is 4. The molecule has 1 saturated heterocycles. The van der Waals surface area contributed by atoms with E-state index in [1.807, 2.05) is 36.1 Å². The molecule has 186 valence electrons. The lowest BCUT2D eigenvalue weighted by molar-refractivity contribution is -0.126. The summed E-state index contributed by atoms with van der Waals surface area (Å²) in [6, 6.07) is 9.25. The van der Waals surface area contributed by atoms with Crippen molar-refractivity contribution in [3.05, 3.63) is 71.8 Å². The summed E-state index contributed by atoms with van der Waals surface area (Å²) in [4.78, 5) is 28.4. The van der Waals surface area contributed by atoms with E-state index in [2.05, 4.69) is 26.7 Å². The maximum absolute atomic E-state index is 16.5. The molecule has 1 aliphatic heterocycles. The van der Waals surface area contributed by atoms with Crippen LogP contribution < -0.4 is 4.90 Å². The Bertz CT molecular complexity index is 1670. The molecule has 5 aromatic rings. The zero-order valence-electron chi connectivity index (χ0n) is 20.1. The standard InChI is InChI=1S/C27H23ClFN7O/c1-3-21(37)35-9-11-36(12-10-35)27-16-13-18(28)23(22-15(2)6-7-19-17(22)14-31-34-19)24(29)25(16)32-26(33-27)20-5-4-8-30-20/h3-8,13-14,30H,1,9-12H2,2H3,(H,31,34). The summed E-state index contributed by atoms with van der Waals surface area (Å²) in [5.74, 6) is 0.325. The van der Waals surface area contributed by atoms with Gasteiger partial charge in [-0.15, -0.1) is 0 Å². The number of piperazine rings is 1. The number of H-pyrrole nitrogens is 2. The average molecular weight is 516 g/mol. The fourth-order valence-corrected chi connectivity index (χ4v) is 5.25. The molecular formula is C27H23ClFN7O. The van der Waals surface area contributed by atoms with Crippen molar-refractivity contribution in [3.8, 4) is 22.6 Å². The Kier molecular flexibility index (Phi) is 5.64. The molecule has 6 rings (SSSR count). The van der Waals surface area contributed by atoms with Crippen molar-refractivity contribution in [2.45, 2.75) is 6.92 Å². The van der Waals surface area contributed by atoms with E-state index < -0.39 is 5.82 Å². The smallest absolute Gasteiger partial charge is 0.246 e. The molecule has 2 N–H and O–H groups in total. The first-order chi connectivity index (χ1) is 18.0. The maximum atomic E-state index is 16.5. The van der Waals surface area contributed by atoms with Crippen LogP contribution in [-0.2, 0) is 4.79 Å². The first-order valence-electron chi connectivity index (χ1n) is 11.9. The van der Waals surface area contributed by atoms with E-state index in [0.29, 0.717) is 54.5 Å². The number of hydrogen-bond donors (Lipinski definition) is 2. The average Bonchev–Trinajstić information content (AvgIpc) is 3.62. The van der Waals surface area contributed by atoms with Gasteiger partial charge in [-0.3, -0.25) is 9.89 Å². The van der Waals surface area contributed by atoms with Crippen LogP contribution in [0.25, 0.3) is 44.5 Å². The normalized spacial score (nSPS) is 14.0. The summed E-state index contributed by atoms with van der Waals surface area (Å²) in [5.41, 5.74) is 3.47. The predicted molar refractivity (Wildman–Crippen MR) is 143 cm³/mol. The minimum absolute atomic E-state index is 0.109. The SMILES string of the molecule is C=CC(=O)N1CCN(c2nc(-c3ccc[nH]3)nc3c(F)c(-c4c(C)ccc5[nH]ncc45)c(Cl)cc23)CC1. The van der Waals surface area contributed by atoms with Gasteiger partial charge in [0.1, 0.15) is 11.3 Å². The van der Waals surface area contributed by atoms with E-state index in [9.17, 15) is 4.79 Å². The van der Waals surface area contributed by atoms with Crippen LogP contribution >= 0.6 is 11.6 Å². The second-order valence-electron chi connectivity index (χ2n) is 9.00.